The first-order valence-electron chi connectivity index (χ1n) is 4.38. The number of aromatic nitrogens is 2. The highest BCUT2D eigenvalue weighted by atomic mass is 16.1. The Morgan fingerprint density at radius 1 is 1.53 bits per heavy atom. The summed E-state index contributed by atoms with van der Waals surface area (Å²) in [5.74, 6) is -0.225. The molecule has 0 spiro atoms. The molecule has 7 heteroatoms. The van der Waals surface area contributed by atoms with Gasteiger partial charge in [-0.3, -0.25) is 4.79 Å². The van der Waals surface area contributed by atoms with Crippen LogP contribution in [0.1, 0.15) is 16.8 Å². The third-order valence-electron chi connectivity index (χ3n) is 1.61. The van der Waals surface area contributed by atoms with Gasteiger partial charge in [-0.1, -0.05) is 5.11 Å². The summed E-state index contributed by atoms with van der Waals surface area (Å²) in [5.41, 5.74) is 8.43. The summed E-state index contributed by atoms with van der Waals surface area (Å²) in [7, 11) is 0. The van der Waals surface area contributed by atoms with E-state index in [9.17, 15) is 4.79 Å². The van der Waals surface area contributed by atoms with Gasteiger partial charge in [-0.05, 0) is 12.0 Å². The third kappa shape index (κ3) is 4.06. The zero-order valence-corrected chi connectivity index (χ0v) is 8.00. The SMILES string of the molecule is [N-]=[N+]=NCCCNC(=O)c1cncnc1. The maximum atomic E-state index is 11.4. The van der Waals surface area contributed by atoms with Crippen molar-refractivity contribution in [3.8, 4) is 0 Å². The van der Waals surface area contributed by atoms with Gasteiger partial charge in [0, 0.05) is 30.4 Å². The first kappa shape index (κ1) is 10.9. The van der Waals surface area contributed by atoms with Crippen LogP contribution >= 0.6 is 0 Å². The highest BCUT2D eigenvalue weighted by molar-refractivity contribution is 5.93. The summed E-state index contributed by atoms with van der Waals surface area (Å²) in [4.78, 5) is 21.4. The van der Waals surface area contributed by atoms with Crippen LogP contribution in [-0.2, 0) is 0 Å². The zero-order valence-electron chi connectivity index (χ0n) is 8.00. The summed E-state index contributed by atoms with van der Waals surface area (Å²) in [6, 6.07) is 0. The second kappa shape index (κ2) is 6.33. The smallest absolute Gasteiger partial charge is 0.254 e. The second-order valence-corrected chi connectivity index (χ2v) is 2.69. The Bertz CT molecular complexity index is 359. The van der Waals surface area contributed by atoms with E-state index in [4.69, 9.17) is 5.53 Å². The van der Waals surface area contributed by atoms with Crippen LogP contribution in [0.3, 0.4) is 0 Å². The van der Waals surface area contributed by atoms with E-state index in [1.54, 1.807) is 0 Å². The topological polar surface area (TPSA) is 104 Å². The molecule has 1 aromatic rings. The average Bonchev–Trinajstić information content (AvgIpc) is 2.30. The Labute approximate surface area is 86.2 Å². The molecule has 0 aliphatic carbocycles. The van der Waals surface area contributed by atoms with Crippen molar-refractivity contribution >= 4 is 5.91 Å². The third-order valence-corrected chi connectivity index (χ3v) is 1.61. The van der Waals surface area contributed by atoms with E-state index in [0.717, 1.165) is 0 Å². The van der Waals surface area contributed by atoms with Crippen molar-refractivity contribution in [1.82, 2.24) is 15.3 Å². The van der Waals surface area contributed by atoms with Crippen LogP contribution in [-0.4, -0.2) is 29.0 Å². The monoisotopic (exact) mass is 206 g/mol. The fraction of sp³-hybridized carbons (Fsp3) is 0.375. The summed E-state index contributed by atoms with van der Waals surface area (Å²) in [5, 5.41) is 6.00. The van der Waals surface area contributed by atoms with Gasteiger partial charge in [-0.2, -0.15) is 0 Å². The predicted octanol–water partition coefficient (Wildman–Crippen LogP) is 0.907. The van der Waals surface area contributed by atoms with Crippen molar-refractivity contribution in [3.63, 3.8) is 0 Å². The van der Waals surface area contributed by atoms with Crippen LogP contribution in [0.2, 0.25) is 0 Å². The number of carbonyl (C=O) groups is 1. The summed E-state index contributed by atoms with van der Waals surface area (Å²) in [6.45, 7) is 0.842. The van der Waals surface area contributed by atoms with Crippen molar-refractivity contribution in [3.05, 3.63) is 34.7 Å². The Kier molecular flexibility index (Phi) is 4.62. The van der Waals surface area contributed by atoms with Gasteiger partial charge in [0.15, 0.2) is 0 Å². The fourth-order valence-corrected chi connectivity index (χ4v) is 0.915. The number of amides is 1. The number of rotatable bonds is 5. The highest BCUT2D eigenvalue weighted by Crippen LogP contribution is 1.92. The Hall–Kier alpha value is -2.14. The molecule has 0 bridgehead atoms. The van der Waals surface area contributed by atoms with Gasteiger partial charge >= 0.3 is 0 Å². The normalized spacial score (nSPS) is 9.07. The molecular weight excluding hydrogens is 196 g/mol. The standard InChI is InChI=1S/C8H10N6O/c9-14-13-3-1-2-12-8(15)7-4-10-6-11-5-7/h4-6H,1-3H2,(H,12,15). The molecule has 1 rings (SSSR count). The van der Waals surface area contributed by atoms with Gasteiger partial charge in [-0.15, -0.1) is 0 Å². The minimum Gasteiger partial charge on any atom is -0.352 e. The lowest BCUT2D eigenvalue weighted by Crippen LogP contribution is -2.25. The van der Waals surface area contributed by atoms with Gasteiger partial charge in [-0.25, -0.2) is 9.97 Å². The molecule has 7 nitrogen and oxygen atoms in total. The van der Waals surface area contributed by atoms with Gasteiger partial charge in [0.2, 0.25) is 0 Å². The molecule has 0 atom stereocenters. The van der Waals surface area contributed by atoms with Gasteiger partial charge in [0.05, 0.1) is 5.56 Å². The maximum absolute atomic E-state index is 11.4. The van der Waals surface area contributed by atoms with E-state index < -0.39 is 0 Å². The number of hydrogen-bond donors (Lipinski definition) is 1. The molecule has 1 N–H and O–H groups in total. The lowest BCUT2D eigenvalue weighted by Gasteiger charge is -2.02. The van der Waals surface area contributed by atoms with E-state index in [2.05, 4.69) is 25.3 Å². The van der Waals surface area contributed by atoms with E-state index in [0.29, 0.717) is 25.1 Å². The van der Waals surface area contributed by atoms with Crippen molar-refractivity contribution in [2.75, 3.05) is 13.1 Å². The molecule has 0 aromatic carbocycles. The molecule has 1 amide bonds. The van der Waals surface area contributed by atoms with Crippen molar-refractivity contribution in [2.45, 2.75) is 6.42 Å². The van der Waals surface area contributed by atoms with Crippen LogP contribution in [0.4, 0.5) is 0 Å². The largest absolute Gasteiger partial charge is 0.352 e. The van der Waals surface area contributed by atoms with E-state index >= 15 is 0 Å². The molecule has 0 unspecified atom stereocenters. The average molecular weight is 206 g/mol. The Morgan fingerprint density at radius 2 is 2.27 bits per heavy atom. The molecule has 0 aliphatic heterocycles. The van der Waals surface area contributed by atoms with Crippen LogP contribution in [0.25, 0.3) is 10.4 Å². The van der Waals surface area contributed by atoms with Crippen LogP contribution in [0, 0.1) is 0 Å². The Balaban J connectivity index is 2.28. The molecule has 0 aliphatic rings. The van der Waals surface area contributed by atoms with Crippen molar-refractivity contribution in [2.24, 2.45) is 5.11 Å². The number of hydrogen-bond acceptors (Lipinski definition) is 4. The molecule has 0 saturated carbocycles. The number of azide groups is 1. The molecule has 78 valence electrons. The molecule has 1 heterocycles. The molecule has 0 radical (unpaired) electrons. The highest BCUT2D eigenvalue weighted by Gasteiger charge is 2.03. The predicted molar refractivity (Wildman–Crippen MR) is 53.0 cm³/mol. The van der Waals surface area contributed by atoms with Crippen LogP contribution < -0.4 is 5.32 Å². The summed E-state index contributed by atoms with van der Waals surface area (Å²) in [6.07, 6.45) is 4.85. The maximum Gasteiger partial charge on any atom is 0.254 e. The molecule has 0 saturated heterocycles. The van der Waals surface area contributed by atoms with E-state index in [-0.39, 0.29) is 5.91 Å². The minimum atomic E-state index is -0.225. The lowest BCUT2D eigenvalue weighted by atomic mass is 10.3. The summed E-state index contributed by atoms with van der Waals surface area (Å²) < 4.78 is 0. The Morgan fingerprint density at radius 3 is 2.93 bits per heavy atom. The van der Waals surface area contributed by atoms with E-state index in [1.165, 1.54) is 18.7 Å². The van der Waals surface area contributed by atoms with Crippen molar-refractivity contribution < 1.29 is 4.79 Å². The van der Waals surface area contributed by atoms with Gasteiger partial charge < -0.3 is 5.32 Å². The van der Waals surface area contributed by atoms with Crippen molar-refractivity contribution in [1.29, 1.82) is 0 Å². The first-order chi connectivity index (χ1) is 7.34. The minimum absolute atomic E-state index is 0.225. The zero-order chi connectivity index (χ0) is 10.9. The quantitative estimate of drug-likeness (QED) is 0.335. The molecule has 1 aromatic heterocycles. The number of carbonyl (C=O) groups excluding carboxylic acids is 1. The van der Waals surface area contributed by atoms with Crippen LogP contribution in [0.15, 0.2) is 23.8 Å². The van der Waals surface area contributed by atoms with E-state index in [1.807, 2.05) is 0 Å². The summed E-state index contributed by atoms with van der Waals surface area (Å²) >= 11 is 0. The number of nitrogens with one attached hydrogen (secondary N) is 1. The molecule has 15 heavy (non-hydrogen) atoms. The fourth-order valence-electron chi connectivity index (χ4n) is 0.915. The molecule has 0 fully saturated rings. The lowest BCUT2D eigenvalue weighted by molar-refractivity contribution is 0.0952. The van der Waals surface area contributed by atoms with Crippen LogP contribution in [0.5, 0.6) is 0 Å². The molecular formula is C8H10N6O. The number of nitrogens with zero attached hydrogens (tertiary/aromatic N) is 5. The van der Waals surface area contributed by atoms with Gasteiger partial charge in [0.1, 0.15) is 6.33 Å². The second-order valence-electron chi connectivity index (χ2n) is 2.69. The van der Waals surface area contributed by atoms with Gasteiger partial charge in [0.25, 0.3) is 5.91 Å². The first-order valence-corrected chi connectivity index (χ1v) is 4.38.